The van der Waals surface area contributed by atoms with Gasteiger partial charge < -0.3 is 35.7 Å². The number of rotatable bonds is 5. The van der Waals surface area contributed by atoms with E-state index < -0.39 is 37.6 Å². The summed E-state index contributed by atoms with van der Waals surface area (Å²) in [6, 6.07) is 8.71. The van der Waals surface area contributed by atoms with Crippen molar-refractivity contribution in [1.82, 2.24) is 0 Å². The van der Waals surface area contributed by atoms with E-state index in [9.17, 15) is 0 Å². The molecule has 0 radical (unpaired) electrons. The van der Waals surface area contributed by atoms with Crippen LogP contribution in [-0.2, 0) is 0 Å². The highest BCUT2D eigenvalue weighted by Crippen LogP contribution is 2.04. The number of benzene rings is 1. The Morgan fingerprint density at radius 2 is 1.10 bits per heavy atom. The zero-order chi connectivity index (χ0) is 14.8. The van der Waals surface area contributed by atoms with E-state index in [-0.39, 0.29) is 12.4 Å². The molecule has 0 aliphatic rings. The Bertz CT molecular complexity index is 311. The van der Waals surface area contributed by atoms with E-state index in [1.54, 1.807) is 24.3 Å². The number of para-hydroxylation sites is 1. The number of hydrogen-bond donors (Lipinski definition) is 7. The lowest BCUT2D eigenvalue weighted by Crippen LogP contribution is -2.46. The van der Waals surface area contributed by atoms with Gasteiger partial charge in [0.1, 0.15) is 30.2 Å². The lowest BCUT2D eigenvalue weighted by Gasteiger charge is -2.24. The maximum absolute atomic E-state index is 8.96. The van der Waals surface area contributed by atoms with Crippen LogP contribution in [0.2, 0.25) is 0 Å². The average molecular weight is 313 g/mol. The molecule has 0 aromatic heterocycles. The van der Waals surface area contributed by atoms with Crippen molar-refractivity contribution in [2.24, 2.45) is 0 Å². The standard InChI is InChI=1S/C6H14O6.C6H6O.ClH/c7-1-3(9)5(11)6(12)4(10)2-8;7-6-4-2-1-3-5-6;/h3-12H,1-2H2;1-5,7H;1H/t3-,4-,5-,6-;;/m1../s1. The number of phenols is 1. The molecule has 1 aromatic rings. The van der Waals surface area contributed by atoms with Gasteiger partial charge in [0.2, 0.25) is 0 Å². The smallest absolute Gasteiger partial charge is 0.115 e. The Morgan fingerprint density at radius 1 is 0.750 bits per heavy atom. The van der Waals surface area contributed by atoms with Gasteiger partial charge in [-0.15, -0.1) is 12.4 Å². The van der Waals surface area contributed by atoms with E-state index in [0.717, 1.165) is 0 Å². The summed E-state index contributed by atoms with van der Waals surface area (Å²) < 4.78 is 0. The summed E-state index contributed by atoms with van der Waals surface area (Å²) in [5.74, 6) is 0.322. The Hall–Kier alpha value is -0.930. The quantitative estimate of drug-likeness (QED) is 0.341. The summed E-state index contributed by atoms with van der Waals surface area (Å²) in [6.45, 7) is -1.45. The van der Waals surface area contributed by atoms with Gasteiger partial charge in [-0.2, -0.15) is 0 Å². The highest BCUT2D eigenvalue weighted by Gasteiger charge is 2.29. The van der Waals surface area contributed by atoms with Crippen LogP contribution in [0.25, 0.3) is 0 Å². The SMILES string of the molecule is Cl.OC[C@@H](O)[C@@H](O)[C@H](O)[C@H](O)CO.Oc1ccccc1. The first-order chi connectivity index (χ1) is 8.93. The number of phenolic OH excluding ortho intramolecular Hbond substituents is 1. The molecule has 7 N–H and O–H groups in total. The van der Waals surface area contributed by atoms with Crippen LogP contribution in [0, 0.1) is 0 Å². The summed E-state index contributed by atoms with van der Waals surface area (Å²) >= 11 is 0. The minimum Gasteiger partial charge on any atom is -0.508 e. The predicted octanol–water partition coefficient (Wildman–Crippen LogP) is -1.77. The molecule has 0 amide bonds. The molecule has 20 heavy (non-hydrogen) atoms. The fourth-order valence-electron chi connectivity index (χ4n) is 1.10. The minimum atomic E-state index is -1.67. The monoisotopic (exact) mass is 312 g/mol. The Morgan fingerprint density at radius 3 is 1.30 bits per heavy atom. The fourth-order valence-corrected chi connectivity index (χ4v) is 1.10. The van der Waals surface area contributed by atoms with Gasteiger partial charge in [-0.1, -0.05) is 18.2 Å². The normalized spacial score (nSPS) is 15.9. The van der Waals surface area contributed by atoms with Crippen molar-refractivity contribution < 1.29 is 35.7 Å². The van der Waals surface area contributed by atoms with Crippen LogP contribution in [0.4, 0.5) is 0 Å². The van der Waals surface area contributed by atoms with Crippen LogP contribution >= 0.6 is 12.4 Å². The predicted molar refractivity (Wildman–Crippen MR) is 73.6 cm³/mol. The van der Waals surface area contributed by atoms with Crippen molar-refractivity contribution in [2.45, 2.75) is 24.4 Å². The molecular formula is C12H21ClO7. The van der Waals surface area contributed by atoms with E-state index in [1.165, 1.54) is 0 Å². The first-order valence-electron chi connectivity index (χ1n) is 5.62. The molecule has 8 heteroatoms. The maximum atomic E-state index is 8.96. The second-order valence-corrected chi connectivity index (χ2v) is 3.82. The van der Waals surface area contributed by atoms with E-state index >= 15 is 0 Å². The van der Waals surface area contributed by atoms with Crippen LogP contribution in [0.1, 0.15) is 0 Å². The molecule has 0 fully saturated rings. The molecule has 7 nitrogen and oxygen atoms in total. The molecule has 0 saturated carbocycles. The third kappa shape index (κ3) is 8.28. The second-order valence-electron chi connectivity index (χ2n) is 3.82. The number of aromatic hydroxyl groups is 1. The zero-order valence-electron chi connectivity index (χ0n) is 10.6. The summed E-state index contributed by atoms with van der Waals surface area (Å²) in [6.07, 6.45) is -6.39. The molecule has 0 bridgehead atoms. The number of halogens is 1. The van der Waals surface area contributed by atoms with Crippen LogP contribution < -0.4 is 0 Å². The van der Waals surface area contributed by atoms with Crippen LogP contribution in [0.15, 0.2) is 30.3 Å². The Balaban J connectivity index is 0. The van der Waals surface area contributed by atoms with E-state index in [0.29, 0.717) is 5.75 Å². The van der Waals surface area contributed by atoms with Gasteiger partial charge in [-0.05, 0) is 12.1 Å². The van der Waals surface area contributed by atoms with Gasteiger partial charge >= 0.3 is 0 Å². The topological polar surface area (TPSA) is 142 Å². The van der Waals surface area contributed by atoms with Crippen LogP contribution in [0.3, 0.4) is 0 Å². The minimum absolute atomic E-state index is 0. The largest absolute Gasteiger partial charge is 0.508 e. The van der Waals surface area contributed by atoms with Gasteiger partial charge in [-0.25, -0.2) is 0 Å². The molecule has 118 valence electrons. The van der Waals surface area contributed by atoms with Crippen molar-refractivity contribution in [2.75, 3.05) is 13.2 Å². The van der Waals surface area contributed by atoms with Crippen LogP contribution in [0.5, 0.6) is 5.75 Å². The van der Waals surface area contributed by atoms with E-state index in [2.05, 4.69) is 0 Å². The molecule has 4 atom stereocenters. The molecule has 0 saturated heterocycles. The van der Waals surface area contributed by atoms with Crippen molar-refractivity contribution >= 4 is 12.4 Å². The fraction of sp³-hybridized carbons (Fsp3) is 0.500. The van der Waals surface area contributed by atoms with Gasteiger partial charge in [-0.3, -0.25) is 0 Å². The number of aliphatic hydroxyl groups is 6. The van der Waals surface area contributed by atoms with Gasteiger partial charge in [0.25, 0.3) is 0 Å². The summed E-state index contributed by atoms with van der Waals surface area (Å²) in [7, 11) is 0. The molecule has 0 aliphatic carbocycles. The average Bonchev–Trinajstić information content (AvgIpc) is 2.45. The lowest BCUT2D eigenvalue weighted by atomic mass is 10.0. The highest BCUT2D eigenvalue weighted by atomic mass is 35.5. The first kappa shape index (κ1) is 21.4. The molecule has 0 spiro atoms. The Labute approximate surface area is 122 Å². The van der Waals surface area contributed by atoms with Crippen molar-refractivity contribution in [1.29, 1.82) is 0 Å². The lowest BCUT2D eigenvalue weighted by molar-refractivity contribution is -0.123. The molecule has 0 aliphatic heterocycles. The molecule has 0 unspecified atom stereocenters. The van der Waals surface area contributed by atoms with Crippen molar-refractivity contribution in [3.05, 3.63) is 30.3 Å². The van der Waals surface area contributed by atoms with Gasteiger partial charge in [0.15, 0.2) is 0 Å². The molecular weight excluding hydrogens is 292 g/mol. The number of aliphatic hydroxyl groups excluding tert-OH is 6. The zero-order valence-corrected chi connectivity index (χ0v) is 11.5. The maximum Gasteiger partial charge on any atom is 0.115 e. The molecule has 1 aromatic carbocycles. The third-order valence-electron chi connectivity index (χ3n) is 2.27. The second kappa shape index (κ2) is 11.9. The van der Waals surface area contributed by atoms with Gasteiger partial charge in [0, 0.05) is 0 Å². The van der Waals surface area contributed by atoms with E-state index in [4.69, 9.17) is 35.7 Å². The van der Waals surface area contributed by atoms with Crippen molar-refractivity contribution in [3.63, 3.8) is 0 Å². The summed E-state index contributed by atoms with van der Waals surface area (Å²) in [5, 5.41) is 60.8. The van der Waals surface area contributed by atoms with Crippen molar-refractivity contribution in [3.8, 4) is 5.75 Å². The molecule has 0 heterocycles. The third-order valence-corrected chi connectivity index (χ3v) is 2.27. The number of hydrogen-bond acceptors (Lipinski definition) is 7. The molecule has 1 rings (SSSR count). The van der Waals surface area contributed by atoms with Gasteiger partial charge in [0.05, 0.1) is 13.2 Å². The summed E-state index contributed by atoms with van der Waals surface area (Å²) in [4.78, 5) is 0. The Kier molecular flexibility index (Phi) is 12.7. The van der Waals surface area contributed by atoms with E-state index in [1.807, 2.05) is 6.07 Å². The highest BCUT2D eigenvalue weighted by molar-refractivity contribution is 5.85. The summed E-state index contributed by atoms with van der Waals surface area (Å²) in [5.41, 5.74) is 0. The first-order valence-corrected chi connectivity index (χ1v) is 5.62. The van der Waals surface area contributed by atoms with Crippen LogP contribution in [-0.4, -0.2) is 73.4 Å².